The van der Waals surface area contributed by atoms with Crippen LogP contribution < -0.4 is 10.6 Å². The zero-order chi connectivity index (χ0) is 18.3. The standard InChI is InChI=1S/C18H36N4O3.HI/c1-4-7-11-24-13-14-25-12-9-20-18(19-6-3)21-16-8-10-22(15-16)17(23)5-2;/h16H,4-15H2,1-3H3,(H2,19,20,21);1H. The third kappa shape index (κ3) is 11.2. The highest BCUT2D eigenvalue weighted by atomic mass is 127. The van der Waals surface area contributed by atoms with Gasteiger partial charge >= 0.3 is 0 Å². The Morgan fingerprint density at radius 2 is 1.88 bits per heavy atom. The number of amides is 1. The molecule has 0 radical (unpaired) electrons. The molecule has 1 unspecified atom stereocenters. The fraction of sp³-hybridized carbons (Fsp3) is 0.889. The average molecular weight is 484 g/mol. The average Bonchev–Trinajstić information content (AvgIpc) is 3.08. The number of rotatable bonds is 12. The van der Waals surface area contributed by atoms with E-state index in [0.29, 0.717) is 32.8 Å². The van der Waals surface area contributed by atoms with Crippen molar-refractivity contribution in [3.63, 3.8) is 0 Å². The molecule has 0 saturated carbocycles. The normalized spacial score (nSPS) is 17.1. The van der Waals surface area contributed by atoms with E-state index in [1.165, 1.54) is 0 Å². The summed E-state index contributed by atoms with van der Waals surface area (Å²) in [5.41, 5.74) is 0. The quantitative estimate of drug-likeness (QED) is 0.192. The van der Waals surface area contributed by atoms with Crippen LogP contribution in [0.25, 0.3) is 0 Å². The van der Waals surface area contributed by atoms with Gasteiger partial charge in [-0.1, -0.05) is 20.3 Å². The minimum absolute atomic E-state index is 0. The Kier molecular flexibility index (Phi) is 16.2. The molecule has 154 valence electrons. The molecule has 1 amide bonds. The summed E-state index contributed by atoms with van der Waals surface area (Å²) in [6.07, 6.45) is 3.79. The molecule has 1 aliphatic rings. The van der Waals surface area contributed by atoms with Gasteiger partial charge in [-0.2, -0.15) is 0 Å². The number of carbonyl (C=O) groups excluding carboxylic acids is 1. The molecule has 0 spiro atoms. The molecule has 2 N–H and O–H groups in total. The Bertz CT molecular complexity index is 397. The highest BCUT2D eigenvalue weighted by Crippen LogP contribution is 2.10. The molecule has 0 bridgehead atoms. The second-order valence-corrected chi connectivity index (χ2v) is 6.16. The number of likely N-dealkylation sites (tertiary alicyclic amines) is 1. The molecule has 8 heteroatoms. The predicted molar refractivity (Wildman–Crippen MR) is 116 cm³/mol. The van der Waals surface area contributed by atoms with Crippen LogP contribution in [0.2, 0.25) is 0 Å². The van der Waals surface area contributed by atoms with Crippen molar-refractivity contribution >= 4 is 35.8 Å². The van der Waals surface area contributed by atoms with Crippen molar-refractivity contribution in [2.75, 3.05) is 52.6 Å². The first-order valence-corrected chi connectivity index (χ1v) is 9.69. The van der Waals surface area contributed by atoms with Gasteiger partial charge in [0.15, 0.2) is 5.96 Å². The number of hydrogen-bond acceptors (Lipinski definition) is 4. The monoisotopic (exact) mass is 484 g/mol. The maximum atomic E-state index is 11.8. The van der Waals surface area contributed by atoms with Crippen molar-refractivity contribution in [3.05, 3.63) is 0 Å². The Morgan fingerprint density at radius 3 is 2.54 bits per heavy atom. The van der Waals surface area contributed by atoms with Crippen molar-refractivity contribution in [1.29, 1.82) is 0 Å². The summed E-state index contributed by atoms with van der Waals surface area (Å²) in [4.78, 5) is 18.2. The van der Waals surface area contributed by atoms with Crippen molar-refractivity contribution in [3.8, 4) is 0 Å². The van der Waals surface area contributed by atoms with Crippen LogP contribution in [-0.2, 0) is 14.3 Å². The van der Waals surface area contributed by atoms with Crippen LogP contribution in [0.4, 0.5) is 0 Å². The van der Waals surface area contributed by atoms with Crippen LogP contribution >= 0.6 is 24.0 Å². The second kappa shape index (κ2) is 16.6. The van der Waals surface area contributed by atoms with Crippen LogP contribution in [0, 0.1) is 0 Å². The Labute approximate surface area is 175 Å². The smallest absolute Gasteiger partial charge is 0.222 e. The molecular formula is C18H37IN4O3. The first-order chi connectivity index (χ1) is 12.2. The summed E-state index contributed by atoms with van der Waals surface area (Å²) >= 11 is 0. The molecule has 0 aliphatic carbocycles. The van der Waals surface area contributed by atoms with E-state index in [2.05, 4.69) is 22.5 Å². The lowest BCUT2D eigenvalue weighted by Crippen LogP contribution is -2.45. The van der Waals surface area contributed by atoms with Gasteiger partial charge in [0.1, 0.15) is 0 Å². The van der Waals surface area contributed by atoms with Gasteiger partial charge in [0.25, 0.3) is 0 Å². The van der Waals surface area contributed by atoms with Crippen molar-refractivity contribution < 1.29 is 14.3 Å². The number of nitrogens with one attached hydrogen (secondary N) is 2. The molecular weight excluding hydrogens is 447 g/mol. The van der Waals surface area contributed by atoms with E-state index >= 15 is 0 Å². The van der Waals surface area contributed by atoms with E-state index in [4.69, 9.17) is 9.47 Å². The van der Waals surface area contributed by atoms with Crippen LogP contribution in [0.3, 0.4) is 0 Å². The zero-order valence-corrected chi connectivity index (χ0v) is 18.9. The lowest BCUT2D eigenvalue weighted by Gasteiger charge is -2.18. The number of ether oxygens (including phenoxy) is 2. The second-order valence-electron chi connectivity index (χ2n) is 6.16. The largest absolute Gasteiger partial charge is 0.379 e. The number of nitrogens with zero attached hydrogens (tertiary/aromatic N) is 2. The lowest BCUT2D eigenvalue weighted by atomic mass is 10.3. The van der Waals surface area contributed by atoms with Crippen LogP contribution in [-0.4, -0.2) is 75.4 Å². The molecule has 1 atom stereocenters. The van der Waals surface area contributed by atoms with Gasteiger partial charge < -0.3 is 25.0 Å². The summed E-state index contributed by atoms with van der Waals surface area (Å²) in [6, 6.07) is 0.265. The SMILES string of the molecule is CCCCOCCOCCN=C(NCC)NC1CCN(C(=O)CC)C1.I. The van der Waals surface area contributed by atoms with Crippen molar-refractivity contribution in [1.82, 2.24) is 15.5 Å². The van der Waals surface area contributed by atoms with Crippen molar-refractivity contribution in [2.45, 2.75) is 52.5 Å². The molecule has 1 rings (SSSR count). The lowest BCUT2D eigenvalue weighted by molar-refractivity contribution is -0.129. The Balaban J connectivity index is 0.00000625. The minimum Gasteiger partial charge on any atom is -0.379 e. The summed E-state index contributed by atoms with van der Waals surface area (Å²) in [6.45, 7) is 11.7. The van der Waals surface area contributed by atoms with Gasteiger partial charge in [0, 0.05) is 38.7 Å². The third-order valence-corrected chi connectivity index (χ3v) is 4.05. The number of halogens is 1. The van der Waals surface area contributed by atoms with Crippen LogP contribution in [0.5, 0.6) is 0 Å². The molecule has 7 nitrogen and oxygen atoms in total. The summed E-state index contributed by atoms with van der Waals surface area (Å²) in [7, 11) is 0. The van der Waals surface area contributed by atoms with Gasteiger partial charge in [-0.05, 0) is 19.8 Å². The van der Waals surface area contributed by atoms with E-state index in [0.717, 1.165) is 51.5 Å². The molecule has 1 heterocycles. The third-order valence-electron chi connectivity index (χ3n) is 4.05. The maximum Gasteiger partial charge on any atom is 0.222 e. The maximum absolute atomic E-state index is 11.8. The zero-order valence-electron chi connectivity index (χ0n) is 16.6. The van der Waals surface area contributed by atoms with E-state index in [9.17, 15) is 4.79 Å². The summed E-state index contributed by atoms with van der Waals surface area (Å²) in [5.74, 6) is 1.02. The van der Waals surface area contributed by atoms with E-state index in [1.807, 2.05) is 18.7 Å². The molecule has 1 aliphatic heterocycles. The summed E-state index contributed by atoms with van der Waals surface area (Å²) < 4.78 is 11.0. The molecule has 0 aromatic carbocycles. The molecule has 1 saturated heterocycles. The fourth-order valence-corrected chi connectivity index (χ4v) is 2.63. The minimum atomic E-state index is 0. The molecule has 1 fully saturated rings. The Morgan fingerprint density at radius 1 is 1.15 bits per heavy atom. The van der Waals surface area contributed by atoms with Crippen molar-refractivity contribution in [2.24, 2.45) is 4.99 Å². The number of hydrogen-bond donors (Lipinski definition) is 2. The number of carbonyl (C=O) groups is 1. The van der Waals surface area contributed by atoms with Gasteiger partial charge in [-0.25, -0.2) is 0 Å². The Hall–Kier alpha value is -0.610. The number of aliphatic imine (C=N–C) groups is 1. The van der Waals surface area contributed by atoms with E-state index in [1.54, 1.807) is 0 Å². The van der Waals surface area contributed by atoms with Gasteiger partial charge in [0.2, 0.25) is 5.91 Å². The van der Waals surface area contributed by atoms with Crippen LogP contribution in [0.1, 0.15) is 46.5 Å². The number of unbranched alkanes of at least 4 members (excludes halogenated alkanes) is 1. The number of guanidine groups is 1. The first kappa shape index (κ1) is 25.4. The van der Waals surface area contributed by atoms with Gasteiger partial charge in [-0.3, -0.25) is 9.79 Å². The van der Waals surface area contributed by atoms with E-state index < -0.39 is 0 Å². The fourth-order valence-electron chi connectivity index (χ4n) is 2.63. The van der Waals surface area contributed by atoms with Crippen LogP contribution in [0.15, 0.2) is 4.99 Å². The molecule has 0 aromatic heterocycles. The van der Waals surface area contributed by atoms with Gasteiger partial charge in [0.05, 0.1) is 26.4 Å². The van der Waals surface area contributed by atoms with Gasteiger partial charge in [-0.15, -0.1) is 24.0 Å². The molecule has 26 heavy (non-hydrogen) atoms. The highest BCUT2D eigenvalue weighted by Gasteiger charge is 2.25. The topological polar surface area (TPSA) is 75.2 Å². The summed E-state index contributed by atoms with van der Waals surface area (Å²) in [5, 5.41) is 6.66. The first-order valence-electron chi connectivity index (χ1n) is 9.69. The highest BCUT2D eigenvalue weighted by molar-refractivity contribution is 14.0. The molecule has 0 aromatic rings. The van der Waals surface area contributed by atoms with E-state index in [-0.39, 0.29) is 35.9 Å². The predicted octanol–water partition coefficient (Wildman–Crippen LogP) is 2.00.